The van der Waals surface area contributed by atoms with Crippen molar-refractivity contribution in [3.8, 4) is 0 Å². The van der Waals surface area contributed by atoms with Crippen molar-refractivity contribution in [1.82, 2.24) is 24.8 Å². The SMILES string of the molecule is CC1C=CC=CC1(NC(=O)c1cnc2ccccn12)c1nc(N2CCC(F)(F)CC2)no1. The number of nitrogens with zero attached hydrogens (tertiary/aromatic N) is 5. The summed E-state index contributed by atoms with van der Waals surface area (Å²) in [5, 5.41) is 7.08. The fourth-order valence-corrected chi connectivity index (χ4v) is 4.12. The first-order valence-electron chi connectivity index (χ1n) is 10.5. The van der Waals surface area contributed by atoms with Gasteiger partial charge in [-0.3, -0.25) is 9.20 Å². The van der Waals surface area contributed by atoms with Crippen molar-refractivity contribution >= 4 is 17.5 Å². The van der Waals surface area contributed by atoms with Crippen LogP contribution >= 0.6 is 0 Å². The first-order chi connectivity index (χ1) is 15.4. The van der Waals surface area contributed by atoms with Crippen molar-refractivity contribution in [1.29, 1.82) is 0 Å². The van der Waals surface area contributed by atoms with Crippen molar-refractivity contribution in [3.63, 3.8) is 0 Å². The quantitative estimate of drug-likeness (QED) is 0.670. The van der Waals surface area contributed by atoms with Gasteiger partial charge < -0.3 is 14.7 Å². The molecule has 2 aliphatic rings. The number of nitrogens with one attached hydrogen (secondary N) is 1. The minimum atomic E-state index is -2.67. The summed E-state index contributed by atoms with van der Waals surface area (Å²) >= 11 is 0. The number of amides is 1. The van der Waals surface area contributed by atoms with Crippen molar-refractivity contribution in [2.24, 2.45) is 5.92 Å². The first-order valence-corrected chi connectivity index (χ1v) is 10.5. The number of allylic oxidation sites excluding steroid dienone is 2. The average molecular weight is 440 g/mol. The van der Waals surface area contributed by atoms with E-state index in [1.807, 2.05) is 37.3 Å². The van der Waals surface area contributed by atoms with Crippen molar-refractivity contribution in [3.05, 3.63) is 66.5 Å². The highest BCUT2D eigenvalue weighted by Crippen LogP contribution is 2.36. The summed E-state index contributed by atoms with van der Waals surface area (Å²) in [6.07, 6.45) is 10.2. The van der Waals surface area contributed by atoms with Gasteiger partial charge in [0.15, 0.2) is 0 Å². The molecule has 10 heteroatoms. The van der Waals surface area contributed by atoms with Crippen molar-refractivity contribution < 1.29 is 18.1 Å². The van der Waals surface area contributed by atoms with Crippen LogP contribution in [0, 0.1) is 5.92 Å². The number of aromatic nitrogens is 4. The van der Waals surface area contributed by atoms with Crippen LogP contribution in [-0.4, -0.2) is 44.4 Å². The number of fused-ring (bicyclic) bond motifs is 1. The molecule has 166 valence electrons. The van der Waals surface area contributed by atoms with Gasteiger partial charge in [-0.05, 0) is 23.4 Å². The van der Waals surface area contributed by atoms with Crippen LogP contribution in [0.15, 0.2) is 59.4 Å². The molecular formula is C22H22F2N6O2. The molecule has 0 spiro atoms. The van der Waals surface area contributed by atoms with Crippen LogP contribution in [0.5, 0.6) is 0 Å². The van der Waals surface area contributed by atoms with E-state index in [-0.39, 0.29) is 49.6 Å². The van der Waals surface area contributed by atoms with Gasteiger partial charge in [0.25, 0.3) is 23.7 Å². The third kappa shape index (κ3) is 3.45. The average Bonchev–Trinajstić information content (AvgIpc) is 3.43. The van der Waals surface area contributed by atoms with E-state index in [4.69, 9.17) is 4.52 Å². The lowest BCUT2D eigenvalue weighted by Crippen LogP contribution is -2.50. The summed E-state index contributed by atoms with van der Waals surface area (Å²) in [4.78, 5) is 23.7. The number of hydrogen-bond acceptors (Lipinski definition) is 6. The number of carbonyl (C=O) groups is 1. The molecule has 4 heterocycles. The van der Waals surface area contributed by atoms with E-state index in [1.165, 1.54) is 6.20 Å². The standard InChI is InChI=1S/C22H22F2N6O2/c1-15-6-2-4-8-22(15,27-18(31)16-14-25-17-7-3-5-11-30(16)17)19-26-20(28-32-19)29-12-9-21(23,24)10-13-29/h2-8,11,14-15H,9-10,12-13H2,1H3,(H,27,31). The number of hydrogen-bond donors (Lipinski definition) is 1. The molecule has 1 aliphatic heterocycles. The van der Waals surface area contributed by atoms with E-state index in [9.17, 15) is 13.6 Å². The van der Waals surface area contributed by atoms with Crippen LogP contribution in [0.3, 0.4) is 0 Å². The summed E-state index contributed by atoms with van der Waals surface area (Å²) < 4.78 is 34.3. The van der Waals surface area contributed by atoms with Gasteiger partial charge in [-0.1, -0.05) is 31.2 Å². The van der Waals surface area contributed by atoms with Gasteiger partial charge >= 0.3 is 0 Å². The van der Waals surface area contributed by atoms with E-state index in [2.05, 4.69) is 20.4 Å². The van der Waals surface area contributed by atoms with E-state index < -0.39 is 11.5 Å². The Hall–Kier alpha value is -3.56. The summed E-state index contributed by atoms with van der Waals surface area (Å²) in [7, 11) is 0. The Morgan fingerprint density at radius 2 is 2.06 bits per heavy atom. The van der Waals surface area contributed by atoms with Gasteiger partial charge in [0.1, 0.15) is 16.9 Å². The van der Waals surface area contributed by atoms with Crippen molar-refractivity contribution in [2.75, 3.05) is 18.0 Å². The van der Waals surface area contributed by atoms with E-state index in [0.29, 0.717) is 11.3 Å². The topological polar surface area (TPSA) is 88.6 Å². The zero-order chi connectivity index (χ0) is 22.3. The molecule has 1 amide bonds. The Morgan fingerprint density at radius 3 is 2.84 bits per heavy atom. The summed E-state index contributed by atoms with van der Waals surface area (Å²) in [6.45, 7) is 2.21. The predicted octanol–water partition coefficient (Wildman–Crippen LogP) is 3.34. The predicted molar refractivity (Wildman–Crippen MR) is 112 cm³/mol. The highest BCUT2D eigenvalue weighted by molar-refractivity contribution is 5.94. The molecule has 0 bridgehead atoms. The Kier molecular flexibility index (Phi) is 4.79. The lowest BCUT2D eigenvalue weighted by molar-refractivity contribution is -0.0223. The van der Waals surface area contributed by atoms with Gasteiger partial charge in [-0.15, -0.1) is 0 Å². The number of alkyl halides is 2. The molecule has 32 heavy (non-hydrogen) atoms. The molecule has 1 N–H and O–H groups in total. The van der Waals surface area contributed by atoms with Gasteiger partial charge in [0.05, 0.1) is 6.20 Å². The number of pyridine rings is 1. The second kappa shape index (κ2) is 7.54. The number of halogens is 2. The number of imidazole rings is 1. The van der Waals surface area contributed by atoms with Gasteiger partial charge in [0, 0.05) is 38.0 Å². The molecule has 8 nitrogen and oxygen atoms in total. The zero-order valence-electron chi connectivity index (χ0n) is 17.4. The summed E-state index contributed by atoms with van der Waals surface area (Å²) in [6, 6.07) is 5.48. The van der Waals surface area contributed by atoms with Crippen molar-refractivity contribution in [2.45, 2.75) is 31.2 Å². The molecule has 3 aromatic rings. The zero-order valence-corrected chi connectivity index (χ0v) is 17.4. The minimum absolute atomic E-state index is 0.137. The van der Waals surface area contributed by atoms with Crippen LogP contribution in [0.25, 0.3) is 5.65 Å². The van der Waals surface area contributed by atoms with Crippen LogP contribution in [-0.2, 0) is 5.54 Å². The maximum atomic E-state index is 13.5. The van der Waals surface area contributed by atoms with Crippen LogP contribution in [0.4, 0.5) is 14.7 Å². The maximum Gasteiger partial charge on any atom is 0.271 e. The Bertz CT molecular complexity index is 1210. The summed E-state index contributed by atoms with van der Waals surface area (Å²) in [5.41, 5.74) is -0.0654. The molecule has 1 aliphatic carbocycles. The fourth-order valence-electron chi connectivity index (χ4n) is 4.12. The normalized spacial score (nSPS) is 24.7. The molecule has 0 radical (unpaired) electrons. The Labute approximate surface area is 182 Å². The lowest BCUT2D eigenvalue weighted by Gasteiger charge is -2.34. The largest absolute Gasteiger partial charge is 0.338 e. The fraction of sp³-hybridized carbons (Fsp3) is 0.364. The van der Waals surface area contributed by atoms with Gasteiger partial charge in [-0.25, -0.2) is 13.8 Å². The van der Waals surface area contributed by atoms with Gasteiger partial charge in [-0.2, -0.15) is 4.98 Å². The molecule has 0 aromatic carbocycles. The second-order valence-electron chi connectivity index (χ2n) is 8.17. The molecule has 2 unspecified atom stereocenters. The van der Waals surface area contributed by atoms with E-state index in [1.54, 1.807) is 27.6 Å². The number of anilines is 1. The van der Waals surface area contributed by atoms with Crippen LogP contribution in [0.2, 0.25) is 0 Å². The Balaban J connectivity index is 1.46. The van der Waals surface area contributed by atoms with E-state index >= 15 is 0 Å². The smallest absolute Gasteiger partial charge is 0.271 e. The maximum absolute atomic E-state index is 13.5. The molecule has 5 rings (SSSR count). The van der Waals surface area contributed by atoms with Gasteiger partial charge in [0.2, 0.25) is 0 Å². The lowest BCUT2D eigenvalue weighted by atomic mass is 9.81. The van der Waals surface area contributed by atoms with Crippen LogP contribution < -0.4 is 10.2 Å². The van der Waals surface area contributed by atoms with E-state index in [0.717, 1.165) is 0 Å². The molecule has 3 aromatic heterocycles. The molecule has 0 saturated carbocycles. The molecule has 1 saturated heterocycles. The third-order valence-corrected chi connectivity index (χ3v) is 6.11. The minimum Gasteiger partial charge on any atom is -0.338 e. The highest BCUT2D eigenvalue weighted by Gasteiger charge is 2.44. The highest BCUT2D eigenvalue weighted by atomic mass is 19.3. The Morgan fingerprint density at radius 1 is 1.25 bits per heavy atom. The molecule has 1 fully saturated rings. The molecule has 2 atom stereocenters. The number of piperidine rings is 1. The number of rotatable bonds is 4. The van der Waals surface area contributed by atoms with Crippen LogP contribution in [0.1, 0.15) is 36.1 Å². The first kappa shape index (κ1) is 20.3. The second-order valence-corrected chi connectivity index (χ2v) is 8.17. The third-order valence-electron chi connectivity index (χ3n) is 6.11. The summed E-state index contributed by atoms with van der Waals surface area (Å²) in [5.74, 6) is -2.78. The molecular weight excluding hydrogens is 418 g/mol. The monoisotopic (exact) mass is 440 g/mol. The number of carbonyl (C=O) groups excluding carboxylic acids is 1.